The van der Waals surface area contributed by atoms with Gasteiger partial charge in [0.2, 0.25) is 0 Å². The first-order chi connectivity index (χ1) is 9.24. The Labute approximate surface area is 113 Å². The molecule has 2 aromatic heterocycles. The van der Waals surface area contributed by atoms with Crippen LogP contribution in [0.3, 0.4) is 0 Å². The minimum atomic E-state index is 0.465. The molecule has 0 aromatic carbocycles. The molecule has 0 saturated heterocycles. The molecule has 2 aromatic rings. The molecule has 4 heteroatoms. The summed E-state index contributed by atoms with van der Waals surface area (Å²) in [4.78, 5) is 8.47. The third kappa shape index (κ3) is 2.11. The second kappa shape index (κ2) is 4.68. The first kappa shape index (κ1) is 12.2. The fourth-order valence-corrected chi connectivity index (χ4v) is 2.95. The fraction of sp³-hybridized carbons (Fsp3) is 0.467. The van der Waals surface area contributed by atoms with Gasteiger partial charge < -0.3 is 10.3 Å². The summed E-state index contributed by atoms with van der Waals surface area (Å²) in [6, 6.07) is 1.84. The van der Waals surface area contributed by atoms with Crippen LogP contribution in [-0.4, -0.2) is 14.5 Å². The van der Waals surface area contributed by atoms with E-state index in [4.69, 9.17) is 5.73 Å². The molecule has 0 aliphatic heterocycles. The van der Waals surface area contributed by atoms with Crippen LogP contribution in [0.5, 0.6) is 0 Å². The molecule has 1 aliphatic carbocycles. The van der Waals surface area contributed by atoms with Crippen molar-refractivity contribution in [2.75, 3.05) is 5.73 Å². The maximum Gasteiger partial charge on any atom is 0.0951 e. The molecule has 0 radical (unpaired) electrons. The van der Waals surface area contributed by atoms with Gasteiger partial charge in [0.15, 0.2) is 0 Å². The SMILES string of the molecule is CCC1(Cn2cncc2-c2cnccc2N)CCC1. The largest absolute Gasteiger partial charge is 0.398 e. The van der Waals surface area contributed by atoms with Crippen molar-refractivity contribution in [3.05, 3.63) is 31.0 Å². The summed E-state index contributed by atoms with van der Waals surface area (Å²) in [5.74, 6) is 0. The van der Waals surface area contributed by atoms with Crippen LogP contribution in [0.1, 0.15) is 32.6 Å². The van der Waals surface area contributed by atoms with Gasteiger partial charge in [-0.25, -0.2) is 4.98 Å². The summed E-state index contributed by atoms with van der Waals surface area (Å²) in [6.45, 7) is 3.32. The van der Waals surface area contributed by atoms with Crippen LogP contribution >= 0.6 is 0 Å². The average Bonchev–Trinajstić information content (AvgIpc) is 2.82. The number of rotatable bonds is 4. The molecule has 19 heavy (non-hydrogen) atoms. The molecule has 0 spiro atoms. The topological polar surface area (TPSA) is 56.7 Å². The third-order valence-corrected chi connectivity index (χ3v) is 4.51. The van der Waals surface area contributed by atoms with Crippen LogP contribution in [0.15, 0.2) is 31.0 Å². The van der Waals surface area contributed by atoms with Crippen molar-refractivity contribution in [2.45, 2.75) is 39.2 Å². The number of nitrogens with two attached hydrogens (primary N) is 1. The Hall–Kier alpha value is -1.84. The van der Waals surface area contributed by atoms with Crippen LogP contribution in [0, 0.1) is 5.41 Å². The van der Waals surface area contributed by atoms with E-state index in [0.717, 1.165) is 23.5 Å². The van der Waals surface area contributed by atoms with Crippen LogP contribution in [0.25, 0.3) is 11.3 Å². The first-order valence-electron chi connectivity index (χ1n) is 6.94. The van der Waals surface area contributed by atoms with E-state index in [1.165, 1.54) is 25.7 Å². The molecule has 0 amide bonds. The molecular formula is C15H20N4. The van der Waals surface area contributed by atoms with Gasteiger partial charge in [-0.05, 0) is 30.7 Å². The van der Waals surface area contributed by atoms with Gasteiger partial charge in [0.05, 0.1) is 18.2 Å². The molecule has 100 valence electrons. The van der Waals surface area contributed by atoms with E-state index in [0.29, 0.717) is 5.41 Å². The van der Waals surface area contributed by atoms with Crippen molar-refractivity contribution >= 4 is 5.69 Å². The number of pyridine rings is 1. The summed E-state index contributed by atoms with van der Waals surface area (Å²) in [6.07, 6.45) is 12.6. The Bertz CT molecular complexity index is 564. The van der Waals surface area contributed by atoms with E-state index in [1.54, 1.807) is 6.20 Å². The van der Waals surface area contributed by atoms with Crippen LogP contribution < -0.4 is 5.73 Å². The molecule has 2 heterocycles. The lowest BCUT2D eigenvalue weighted by Gasteiger charge is -2.41. The van der Waals surface area contributed by atoms with Gasteiger partial charge in [-0.3, -0.25) is 4.98 Å². The van der Waals surface area contributed by atoms with Gasteiger partial charge in [0.1, 0.15) is 0 Å². The number of hydrogen-bond acceptors (Lipinski definition) is 3. The number of hydrogen-bond donors (Lipinski definition) is 1. The highest BCUT2D eigenvalue weighted by atomic mass is 15.1. The van der Waals surface area contributed by atoms with E-state index in [-0.39, 0.29) is 0 Å². The van der Waals surface area contributed by atoms with Crippen molar-refractivity contribution in [1.82, 2.24) is 14.5 Å². The molecule has 2 N–H and O–H groups in total. The zero-order valence-electron chi connectivity index (χ0n) is 11.3. The molecule has 1 saturated carbocycles. The van der Waals surface area contributed by atoms with Gasteiger partial charge in [0.25, 0.3) is 0 Å². The van der Waals surface area contributed by atoms with Crippen LogP contribution in [0.2, 0.25) is 0 Å². The standard InChI is InChI=1S/C15H20N4/c1-2-15(5-3-6-15)10-19-11-18-9-14(19)12-8-17-7-4-13(12)16/h4,7-9,11H,2-3,5-6,10H2,1H3,(H2,16,17). The molecule has 1 fully saturated rings. The van der Waals surface area contributed by atoms with Gasteiger partial charge in [-0.15, -0.1) is 0 Å². The molecular weight excluding hydrogens is 236 g/mol. The normalized spacial score (nSPS) is 17.1. The van der Waals surface area contributed by atoms with E-state index < -0.39 is 0 Å². The van der Waals surface area contributed by atoms with Gasteiger partial charge in [-0.2, -0.15) is 0 Å². The Balaban J connectivity index is 1.93. The maximum atomic E-state index is 6.04. The molecule has 1 aliphatic rings. The Kier molecular flexibility index (Phi) is 3.01. The predicted molar refractivity (Wildman–Crippen MR) is 76.4 cm³/mol. The number of imidazole rings is 1. The van der Waals surface area contributed by atoms with Gasteiger partial charge in [0, 0.05) is 30.2 Å². The monoisotopic (exact) mass is 256 g/mol. The number of nitrogen functional groups attached to an aromatic ring is 1. The molecule has 0 atom stereocenters. The zero-order chi connectivity index (χ0) is 13.3. The Morgan fingerprint density at radius 3 is 2.79 bits per heavy atom. The number of aromatic nitrogens is 3. The molecule has 4 nitrogen and oxygen atoms in total. The lowest BCUT2D eigenvalue weighted by atomic mass is 9.67. The van der Waals surface area contributed by atoms with E-state index >= 15 is 0 Å². The highest BCUT2D eigenvalue weighted by Crippen LogP contribution is 2.45. The Morgan fingerprint density at radius 2 is 2.16 bits per heavy atom. The highest BCUT2D eigenvalue weighted by Gasteiger charge is 2.35. The minimum Gasteiger partial charge on any atom is -0.398 e. The number of anilines is 1. The highest BCUT2D eigenvalue weighted by molar-refractivity contribution is 5.72. The van der Waals surface area contributed by atoms with E-state index in [9.17, 15) is 0 Å². The Morgan fingerprint density at radius 1 is 1.32 bits per heavy atom. The first-order valence-corrected chi connectivity index (χ1v) is 6.94. The third-order valence-electron chi connectivity index (χ3n) is 4.51. The summed E-state index contributed by atoms with van der Waals surface area (Å²) in [5, 5.41) is 0. The van der Waals surface area contributed by atoms with Crippen molar-refractivity contribution < 1.29 is 0 Å². The lowest BCUT2D eigenvalue weighted by Crippen LogP contribution is -2.33. The summed E-state index contributed by atoms with van der Waals surface area (Å²) in [5.41, 5.74) is 9.32. The van der Waals surface area contributed by atoms with Crippen molar-refractivity contribution in [3.8, 4) is 11.3 Å². The summed E-state index contributed by atoms with van der Waals surface area (Å²) >= 11 is 0. The second-order valence-corrected chi connectivity index (χ2v) is 5.58. The van der Waals surface area contributed by atoms with Gasteiger partial charge in [-0.1, -0.05) is 13.3 Å². The van der Waals surface area contributed by atoms with Crippen LogP contribution in [-0.2, 0) is 6.54 Å². The molecule has 0 unspecified atom stereocenters. The zero-order valence-corrected chi connectivity index (χ0v) is 11.3. The van der Waals surface area contributed by atoms with Crippen LogP contribution in [0.4, 0.5) is 5.69 Å². The quantitative estimate of drug-likeness (QED) is 0.914. The second-order valence-electron chi connectivity index (χ2n) is 5.58. The minimum absolute atomic E-state index is 0.465. The summed E-state index contributed by atoms with van der Waals surface area (Å²) in [7, 11) is 0. The lowest BCUT2D eigenvalue weighted by molar-refractivity contribution is 0.101. The van der Waals surface area contributed by atoms with Gasteiger partial charge >= 0.3 is 0 Å². The fourth-order valence-electron chi connectivity index (χ4n) is 2.95. The van der Waals surface area contributed by atoms with Crippen molar-refractivity contribution in [2.24, 2.45) is 5.41 Å². The van der Waals surface area contributed by atoms with Crippen molar-refractivity contribution in [3.63, 3.8) is 0 Å². The van der Waals surface area contributed by atoms with E-state index in [1.807, 2.05) is 24.8 Å². The maximum absolute atomic E-state index is 6.04. The molecule has 0 bridgehead atoms. The molecule has 3 rings (SSSR count). The predicted octanol–water partition coefficient (Wildman–Crippen LogP) is 3.11. The number of nitrogens with zero attached hydrogens (tertiary/aromatic N) is 3. The average molecular weight is 256 g/mol. The van der Waals surface area contributed by atoms with Crippen molar-refractivity contribution in [1.29, 1.82) is 0 Å². The smallest absolute Gasteiger partial charge is 0.0951 e. The summed E-state index contributed by atoms with van der Waals surface area (Å²) < 4.78 is 2.23. The van der Waals surface area contributed by atoms with E-state index in [2.05, 4.69) is 21.5 Å².